The van der Waals surface area contributed by atoms with Crippen LogP contribution in [0.15, 0.2) is 85.2 Å². The number of fused-ring (bicyclic) bond motifs is 1. The highest BCUT2D eigenvalue weighted by atomic mass is 32.2. The molecule has 4 rings (SSSR count). The van der Waals surface area contributed by atoms with Gasteiger partial charge in [-0.2, -0.15) is 21.6 Å². The molecule has 0 aliphatic rings. The van der Waals surface area contributed by atoms with E-state index in [4.69, 9.17) is 4.18 Å². The molecule has 1 aromatic heterocycles. The van der Waals surface area contributed by atoms with Crippen LogP contribution in [0.4, 0.5) is 13.2 Å². The van der Waals surface area contributed by atoms with Crippen molar-refractivity contribution >= 4 is 20.9 Å². The number of nitrogens with zero attached hydrogens (tertiary/aromatic N) is 1. The zero-order valence-corrected chi connectivity index (χ0v) is 16.1. The number of hydrogen-bond acceptors (Lipinski definition) is 4. The third-order valence-corrected chi connectivity index (χ3v) is 5.50. The van der Waals surface area contributed by atoms with Crippen molar-refractivity contribution in [3.63, 3.8) is 0 Å². The van der Waals surface area contributed by atoms with Gasteiger partial charge in [0.15, 0.2) is 5.75 Å². The van der Waals surface area contributed by atoms with Crippen LogP contribution in [0.25, 0.3) is 33.0 Å². The maximum atomic E-state index is 13.1. The largest absolute Gasteiger partial charge is 0.534 e. The van der Waals surface area contributed by atoms with Crippen molar-refractivity contribution in [3.05, 3.63) is 85.2 Å². The molecule has 4 nitrogen and oxygen atoms in total. The van der Waals surface area contributed by atoms with Gasteiger partial charge in [-0.3, -0.25) is 4.98 Å². The van der Waals surface area contributed by atoms with E-state index >= 15 is 0 Å². The Morgan fingerprint density at radius 2 is 1.43 bits per heavy atom. The summed E-state index contributed by atoms with van der Waals surface area (Å²) in [5.74, 6) is -0.369. The maximum absolute atomic E-state index is 13.1. The van der Waals surface area contributed by atoms with Crippen molar-refractivity contribution in [2.45, 2.75) is 5.51 Å². The Balaban J connectivity index is 1.99. The third-order valence-electron chi connectivity index (χ3n) is 4.55. The fraction of sp³-hybridized carbons (Fsp3) is 0.0455. The highest BCUT2D eigenvalue weighted by Crippen LogP contribution is 2.41. The van der Waals surface area contributed by atoms with E-state index < -0.39 is 15.6 Å². The lowest BCUT2D eigenvalue weighted by atomic mass is 9.97. The van der Waals surface area contributed by atoms with Crippen LogP contribution in [0.1, 0.15) is 0 Å². The average molecular weight is 429 g/mol. The highest BCUT2D eigenvalue weighted by molar-refractivity contribution is 7.88. The van der Waals surface area contributed by atoms with Crippen LogP contribution in [0.5, 0.6) is 5.75 Å². The van der Waals surface area contributed by atoms with E-state index in [0.717, 1.165) is 5.56 Å². The fourth-order valence-electron chi connectivity index (χ4n) is 3.11. The molecule has 0 aliphatic carbocycles. The Bertz CT molecular complexity index is 1300. The van der Waals surface area contributed by atoms with E-state index in [2.05, 4.69) is 4.98 Å². The van der Waals surface area contributed by atoms with Gasteiger partial charge in [0, 0.05) is 23.3 Å². The number of benzene rings is 3. The summed E-state index contributed by atoms with van der Waals surface area (Å²) in [6.45, 7) is 0. The van der Waals surface area contributed by atoms with Crippen LogP contribution >= 0.6 is 0 Å². The van der Waals surface area contributed by atoms with E-state index in [1.165, 1.54) is 0 Å². The minimum absolute atomic E-state index is 0.239. The Morgan fingerprint density at radius 1 is 0.767 bits per heavy atom. The predicted molar refractivity (Wildman–Crippen MR) is 108 cm³/mol. The summed E-state index contributed by atoms with van der Waals surface area (Å²) >= 11 is 0. The molecule has 1 heterocycles. The molecule has 0 spiro atoms. The highest BCUT2D eigenvalue weighted by Gasteiger charge is 2.49. The lowest BCUT2D eigenvalue weighted by Gasteiger charge is -2.16. The first-order valence-corrected chi connectivity index (χ1v) is 10.2. The Morgan fingerprint density at radius 3 is 2.10 bits per heavy atom. The lowest BCUT2D eigenvalue weighted by molar-refractivity contribution is -0.0499. The molecule has 30 heavy (non-hydrogen) atoms. The normalized spacial score (nSPS) is 12.1. The zero-order chi connectivity index (χ0) is 21.4. The Labute approximate surface area is 170 Å². The first-order chi connectivity index (χ1) is 14.3. The van der Waals surface area contributed by atoms with Crippen molar-refractivity contribution in [2.75, 3.05) is 0 Å². The summed E-state index contributed by atoms with van der Waals surface area (Å²) in [6, 6.07) is 20.3. The van der Waals surface area contributed by atoms with Gasteiger partial charge < -0.3 is 4.18 Å². The molecule has 152 valence electrons. The number of hydrogen-bond donors (Lipinski definition) is 0. The van der Waals surface area contributed by atoms with Crippen LogP contribution in [-0.4, -0.2) is 18.9 Å². The summed E-state index contributed by atoms with van der Waals surface area (Å²) in [5.41, 5.74) is -3.32. The topological polar surface area (TPSA) is 56.3 Å². The molecule has 4 aromatic rings. The van der Waals surface area contributed by atoms with Gasteiger partial charge in [0.05, 0.1) is 0 Å². The lowest BCUT2D eigenvalue weighted by Crippen LogP contribution is -2.28. The van der Waals surface area contributed by atoms with Gasteiger partial charge in [-0.25, -0.2) is 0 Å². The molecule has 0 aliphatic heterocycles. The van der Waals surface area contributed by atoms with Crippen LogP contribution in [0.2, 0.25) is 0 Å². The van der Waals surface area contributed by atoms with Crippen LogP contribution in [-0.2, 0) is 10.1 Å². The molecular weight excluding hydrogens is 415 g/mol. The van der Waals surface area contributed by atoms with Gasteiger partial charge in [-0.15, -0.1) is 0 Å². The van der Waals surface area contributed by atoms with Gasteiger partial charge >= 0.3 is 15.6 Å². The van der Waals surface area contributed by atoms with Gasteiger partial charge in [-0.1, -0.05) is 48.5 Å². The Hall–Kier alpha value is -3.39. The standard InChI is InChI=1S/C22H14F3NO3S/c23-22(24,25)30(27,28)29-21-19(16-4-2-1-3-5-16)9-8-17-6-7-18(14-20(17)21)15-10-12-26-13-11-15/h1-14H. The molecule has 8 heteroatoms. The second-order valence-corrected chi connectivity index (χ2v) is 8.00. The van der Waals surface area contributed by atoms with E-state index in [0.29, 0.717) is 16.5 Å². The molecule has 0 bridgehead atoms. The minimum atomic E-state index is -5.86. The van der Waals surface area contributed by atoms with Crippen molar-refractivity contribution in [3.8, 4) is 28.0 Å². The number of rotatable bonds is 4. The smallest absolute Gasteiger partial charge is 0.375 e. The fourth-order valence-corrected chi connectivity index (χ4v) is 3.60. The van der Waals surface area contributed by atoms with E-state index in [-0.39, 0.29) is 16.7 Å². The zero-order valence-electron chi connectivity index (χ0n) is 15.3. The predicted octanol–water partition coefficient (Wildman–Crippen LogP) is 5.80. The van der Waals surface area contributed by atoms with Crippen molar-refractivity contribution < 1.29 is 25.8 Å². The molecule has 3 aromatic carbocycles. The summed E-state index contributed by atoms with van der Waals surface area (Å²) in [6.07, 6.45) is 3.18. The average Bonchev–Trinajstić information content (AvgIpc) is 2.74. The minimum Gasteiger partial charge on any atom is -0.375 e. The SMILES string of the molecule is O=S(=O)(Oc1c(-c2ccccc2)ccc2ccc(-c3ccncc3)cc12)C(F)(F)F. The molecular formula is C22H14F3NO3S. The summed E-state index contributed by atoms with van der Waals surface area (Å²) in [5, 5.41) is 0.790. The maximum Gasteiger partial charge on any atom is 0.534 e. The van der Waals surface area contributed by atoms with Crippen molar-refractivity contribution in [1.82, 2.24) is 4.98 Å². The van der Waals surface area contributed by atoms with E-state index in [9.17, 15) is 21.6 Å². The third kappa shape index (κ3) is 3.73. The molecule has 0 saturated carbocycles. The molecule has 0 atom stereocenters. The number of halogens is 3. The molecule has 0 N–H and O–H groups in total. The van der Waals surface area contributed by atoms with E-state index in [1.807, 2.05) is 0 Å². The summed E-state index contributed by atoms with van der Waals surface area (Å²) in [7, 11) is -5.86. The van der Waals surface area contributed by atoms with Crippen molar-refractivity contribution in [1.29, 1.82) is 0 Å². The van der Waals surface area contributed by atoms with Crippen LogP contribution < -0.4 is 4.18 Å². The quantitative estimate of drug-likeness (QED) is 0.304. The van der Waals surface area contributed by atoms with Crippen molar-refractivity contribution in [2.24, 2.45) is 0 Å². The molecule has 0 fully saturated rings. The first-order valence-electron chi connectivity index (χ1n) is 8.80. The van der Waals surface area contributed by atoms with Gasteiger partial charge in [-0.05, 0) is 46.3 Å². The van der Waals surface area contributed by atoms with Crippen LogP contribution in [0, 0.1) is 0 Å². The molecule has 0 radical (unpaired) electrons. The molecule has 0 unspecified atom stereocenters. The number of pyridine rings is 1. The molecule has 0 saturated heterocycles. The summed E-state index contributed by atoms with van der Waals surface area (Å²) in [4.78, 5) is 3.95. The van der Waals surface area contributed by atoms with E-state index in [1.54, 1.807) is 85.2 Å². The first kappa shape index (κ1) is 19.9. The van der Waals surface area contributed by atoms with Crippen LogP contribution in [0.3, 0.4) is 0 Å². The van der Waals surface area contributed by atoms with Gasteiger partial charge in [0.25, 0.3) is 0 Å². The monoisotopic (exact) mass is 429 g/mol. The Kier molecular flexibility index (Phi) is 4.95. The second-order valence-electron chi connectivity index (χ2n) is 6.46. The van der Waals surface area contributed by atoms with Gasteiger partial charge in [0.2, 0.25) is 0 Å². The second kappa shape index (κ2) is 7.46. The summed E-state index contributed by atoms with van der Waals surface area (Å²) < 4.78 is 67.6. The number of aromatic nitrogens is 1. The number of alkyl halides is 3. The van der Waals surface area contributed by atoms with Gasteiger partial charge in [0.1, 0.15) is 0 Å². The molecule has 0 amide bonds.